The monoisotopic (exact) mass is 303 g/mol. The number of esters is 1. The van der Waals surface area contributed by atoms with Gasteiger partial charge in [0, 0.05) is 9.79 Å². The zero-order valence-corrected chi connectivity index (χ0v) is 12.8. The molecular formula is C16H17NO3S. The van der Waals surface area contributed by atoms with Crippen LogP contribution in [0.1, 0.15) is 17.3 Å². The molecule has 0 aliphatic rings. The molecule has 0 bridgehead atoms. The Morgan fingerprint density at radius 1 is 1.24 bits per heavy atom. The second-order valence-corrected chi connectivity index (χ2v) is 5.33. The Balaban J connectivity index is 2.28. The Morgan fingerprint density at radius 3 is 2.71 bits per heavy atom. The lowest BCUT2D eigenvalue weighted by Gasteiger charge is -2.10. The first kappa shape index (κ1) is 15.3. The average molecular weight is 303 g/mol. The van der Waals surface area contributed by atoms with Crippen LogP contribution in [0.4, 0.5) is 5.69 Å². The maximum Gasteiger partial charge on any atom is 0.340 e. The first-order chi connectivity index (χ1) is 10.2. The number of ether oxygens (including phenoxy) is 2. The van der Waals surface area contributed by atoms with E-state index in [0.29, 0.717) is 17.9 Å². The molecule has 0 aliphatic heterocycles. The van der Waals surface area contributed by atoms with Crippen LogP contribution in [0, 0.1) is 0 Å². The molecule has 0 amide bonds. The minimum absolute atomic E-state index is 0.325. The van der Waals surface area contributed by atoms with Gasteiger partial charge in [-0.1, -0.05) is 23.9 Å². The topological polar surface area (TPSA) is 61.5 Å². The first-order valence-electron chi connectivity index (χ1n) is 6.53. The summed E-state index contributed by atoms with van der Waals surface area (Å²) in [6.45, 7) is 2.09. The Hall–Kier alpha value is -2.14. The first-order valence-corrected chi connectivity index (χ1v) is 7.35. The lowest BCUT2D eigenvalue weighted by Crippen LogP contribution is -2.08. The molecule has 4 nitrogen and oxygen atoms in total. The van der Waals surface area contributed by atoms with Crippen LogP contribution < -0.4 is 10.5 Å². The quantitative estimate of drug-likeness (QED) is 0.675. The van der Waals surface area contributed by atoms with Gasteiger partial charge in [-0.05, 0) is 37.3 Å². The van der Waals surface area contributed by atoms with Crippen molar-refractivity contribution in [1.29, 1.82) is 0 Å². The van der Waals surface area contributed by atoms with Gasteiger partial charge in [0.2, 0.25) is 0 Å². The number of rotatable bonds is 5. The highest BCUT2D eigenvalue weighted by atomic mass is 32.2. The van der Waals surface area contributed by atoms with Gasteiger partial charge in [0.05, 0.1) is 25.0 Å². The van der Waals surface area contributed by atoms with E-state index in [-0.39, 0.29) is 0 Å². The molecule has 0 radical (unpaired) electrons. The number of methoxy groups -OCH3 is 1. The van der Waals surface area contributed by atoms with Crippen molar-refractivity contribution in [3.63, 3.8) is 0 Å². The van der Waals surface area contributed by atoms with Gasteiger partial charge < -0.3 is 15.2 Å². The highest BCUT2D eigenvalue weighted by Gasteiger charge is 2.14. The summed E-state index contributed by atoms with van der Waals surface area (Å²) in [4.78, 5) is 13.6. The summed E-state index contributed by atoms with van der Waals surface area (Å²) in [7, 11) is 1.62. The molecule has 0 saturated heterocycles. The number of hydrogen-bond donors (Lipinski definition) is 1. The Labute approximate surface area is 128 Å². The highest BCUT2D eigenvalue weighted by molar-refractivity contribution is 7.99. The molecule has 5 heteroatoms. The Bertz CT molecular complexity index is 643. The van der Waals surface area contributed by atoms with Crippen molar-refractivity contribution in [1.82, 2.24) is 0 Å². The zero-order chi connectivity index (χ0) is 15.2. The van der Waals surface area contributed by atoms with Crippen LogP contribution in [0.15, 0.2) is 52.3 Å². The van der Waals surface area contributed by atoms with Crippen LogP contribution >= 0.6 is 11.8 Å². The fraction of sp³-hybridized carbons (Fsp3) is 0.188. The summed E-state index contributed by atoms with van der Waals surface area (Å²) in [5.74, 6) is 0.378. The molecule has 2 N–H and O–H groups in total. The molecule has 0 unspecified atom stereocenters. The number of benzene rings is 2. The number of carbonyl (C=O) groups excluding carboxylic acids is 1. The molecule has 0 saturated carbocycles. The fourth-order valence-corrected chi connectivity index (χ4v) is 2.75. The second kappa shape index (κ2) is 7.04. The van der Waals surface area contributed by atoms with E-state index in [9.17, 15) is 4.79 Å². The molecule has 0 heterocycles. The Morgan fingerprint density at radius 2 is 2.00 bits per heavy atom. The van der Waals surface area contributed by atoms with E-state index in [1.165, 1.54) is 11.8 Å². The van der Waals surface area contributed by atoms with Crippen LogP contribution in [0.3, 0.4) is 0 Å². The molecule has 2 aromatic rings. The highest BCUT2D eigenvalue weighted by Crippen LogP contribution is 2.35. The summed E-state index contributed by atoms with van der Waals surface area (Å²) < 4.78 is 10.2. The minimum atomic E-state index is -0.400. The van der Waals surface area contributed by atoms with Gasteiger partial charge in [0.15, 0.2) is 0 Å². The fourth-order valence-electron chi connectivity index (χ4n) is 1.81. The molecular weight excluding hydrogens is 286 g/mol. The van der Waals surface area contributed by atoms with Crippen LogP contribution in [0.25, 0.3) is 0 Å². The average Bonchev–Trinajstić information content (AvgIpc) is 2.50. The van der Waals surface area contributed by atoms with Gasteiger partial charge in [0.25, 0.3) is 0 Å². The Kier molecular flexibility index (Phi) is 5.11. The van der Waals surface area contributed by atoms with Gasteiger partial charge >= 0.3 is 5.97 Å². The summed E-state index contributed by atoms with van der Waals surface area (Å²) >= 11 is 1.48. The number of hydrogen-bond acceptors (Lipinski definition) is 5. The van der Waals surface area contributed by atoms with Gasteiger partial charge in [0.1, 0.15) is 5.75 Å². The zero-order valence-electron chi connectivity index (χ0n) is 12.0. The number of anilines is 1. The van der Waals surface area contributed by atoms with E-state index in [2.05, 4.69) is 0 Å². The van der Waals surface area contributed by atoms with E-state index in [0.717, 1.165) is 15.5 Å². The minimum Gasteiger partial charge on any atom is -0.497 e. The summed E-state index contributed by atoms with van der Waals surface area (Å²) in [6.07, 6.45) is 0. The normalized spacial score (nSPS) is 10.2. The van der Waals surface area contributed by atoms with Crippen LogP contribution in [-0.4, -0.2) is 19.7 Å². The van der Waals surface area contributed by atoms with E-state index < -0.39 is 5.97 Å². The summed E-state index contributed by atoms with van der Waals surface area (Å²) in [5, 5.41) is 0. The number of nitrogen functional groups attached to an aromatic ring is 1. The standard InChI is InChI=1S/C16H17NO3S/c1-3-20-16(18)13-8-5-9-14(15(13)17)21-12-7-4-6-11(10-12)19-2/h4-10H,3,17H2,1-2H3. The van der Waals surface area contributed by atoms with Crippen molar-refractivity contribution < 1.29 is 14.3 Å². The van der Waals surface area contributed by atoms with E-state index >= 15 is 0 Å². The van der Waals surface area contributed by atoms with E-state index in [1.54, 1.807) is 26.2 Å². The van der Waals surface area contributed by atoms with Crippen molar-refractivity contribution >= 4 is 23.4 Å². The van der Waals surface area contributed by atoms with Crippen LogP contribution in [-0.2, 0) is 4.74 Å². The maximum absolute atomic E-state index is 11.8. The number of carbonyl (C=O) groups is 1. The lowest BCUT2D eigenvalue weighted by molar-refractivity contribution is 0.0527. The molecule has 2 rings (SSSR count). The second-order valence-electron chi connectivity index (χ2n) is 4.22. The van der Waals surface area contributed by atoms with Gasteiger partial charge in [-0.3, -0.25) is 0 Å². The number of para-hydroxylation sites is 1. The van der Waals surface area contributed by atoms with Gasteiger partial charge in [-0.2, -0.15) is 0 Å². The lowest BCUT2D eigenvalue weighted by atomic mass is 10.2. The molecule has 0 aliphatic carbocycles. The SMILES string of the molecule is CCOC(=O)c1cccc(Sc2cccc(OC)c2)c1N. The number of nitrogens with two attached hydrogens (primary N) is 1. The summed E-state index contributed by atoms with van der Waals surface area (Å²) in [6, 6.07) is 13.0. The molecule has 21 heavy (non-hydrogen) atoms. The molecule has 0 fully saturated rings. The third kappa shape index (κ3) is 3.70. The molecule has 0 atom stereocenters. The molecule has 110 valence electrons. The van der Waals surface area contributed by atoms with Crippen LogP contribution in [0.5, 0.6) is 5.75 Å². The third-order valence-corrected chi connectivity index (χ3v) is 3.90. The van der Waals surface area contributed by atoms with Crippen molar-refractivity contribution in [2.45, 2.75) is 16.7 Å². The van der Waals surface area contributed by atoms with Gasteiger partial charge in [-0.25, -0.2) is 4.79 Å². The predicted octanol–water partition coefficient (Wildman–Crippen LogP) is 3.61. The molecule has 0 spiro atoms. The van der Waals surface area contributed by atoms with Crippen molar-refractivity contribution in [3.8, 4) is 5.75 Å². The van der Waals surface area contributed by atoms with E-state index in [1.807, 2.05) is 30.3 Å². The van der Waals surface area contributed by atoms with Gasteiger partial charge in [-0.15, -0.1) is 0 Å². The third-order valence-electron chi connectivity index (χ3n) is 2.83. The molecule has 0 aromatic heterocycles. The van der Waals surface area contributed by atoms with Crippen molar-refractivity contribution in [2.75, 3.05) is 19.5 Å². The summed E-state index contributed by atoms with van der Waals surface area (Å²) in [5.41, 5.74) is 6.91. The molecule has 2 aromatic carbocycles. The van der Waals surface area contributed by atoms with Crippen LogP contribution in [0.2, 0.25) is 0 Å². The smallest absolute Gasteiger partial charge is 0.340 e. The van der Waals surface area contributed by atoms with Crippen molar-refractivity contribution in [3.05, 3.63) is 48.0 Å². The van der Waals surface area contributed by atoms with Crippen molar-refractivity contribution in [2.24, 2.45) is 0 Å². The largest absolute Gasteiger partial charge is 0.497 e. The predicted molar refractivity (Wildman–Crippen MR) is 83.9 cm³/mol. The van der Waals surface area contributed by atoms with E-state index in [4.69, 9.17) is 15.2 Å². The maximum atomic E-state index is 11.8.